The van der Waals surface area contributed by atoms with E-state index in [0.717, 1.165) is 45.6 Å². The minimum absolute atomic E-state index is 0.0146. The van der Waals surface area contributed by atoms with Crippen molar-refractivity contribution in [1.82, 2.24) is 20.4 Å². The van der Waals surface area contributed by atoms with E-state index in [9.17, 15) is 9.59 Å². The van der Waals surface area contributed by atoms with Crippen LogP contribution in [0.4, 0.5) is 0 Å². The number of carbonyl (C=O) groups is 2. The van der Waals surface area contributed by atoms with E-state index in [-0.39, 0.29) is 36.0 Å². The minimum atomic E-state index is -0.189. The average molecular weight is 414 g/mol. The number of piperidine rings is 1. The highest BCUT2D eigenvalue weighted by atomic mass is 16.2. The first kappa shape index (κ1) is 20.9. The molecule has 0 spiro atoms. The molecule has 0 aromatic heterocycles. The van der Waals surface area contributed by atoms with Gasteiger partial charge in [0.05, 0.1) is 24.8 Å². The van der Waals surface area contributed by atoms with Gasteiger partial charge in [0, 0.05) is 51.9 Å². The summed E-state index contributed by atoms with van der Waals surface area (Å²) in [5.74, 6) is 0.0621. The molecule has 0 saturated carbocycles. The van der Waals surface area contributed by atoms with Crippen molar-refractivity contribution in [1.29, 1.82) is 0 Å². The number of amides is 2. The van der Waals surface area contributed by atoms with Gasteiger partial charge in [-0.1, -0.05) is 13.0 Å². The Morgan fingerprint density at radius 2 is 2.03 bits per heavy atom. The van der Waals surface area contributed by atoms with E-state index in [1.54, 1.807) is 13.3 Å². The topological polar surface area (TPSA) is 102 Å². The van der Waals surface area contributed by atoms with Gasteiger partial charge in [-0.3, -0.25) is 34.4 Å². The van der Waals surface area contributed by atoms with Gasteiger partial charge in [0.25, 0.3) is 5.91 Å². The van der Waals surface area contributed by atoms with Gasteiger partial charge >= 0.3 is 0 Å². The SMILES string of the molecule is CCC1CC2N=CC(CN3CCN(C4CN=C(C(=O)NC)C=N4)CC3)=CC2NC1=O. The van der Waals surface area contributed by atoms with E-state index in [0.29, 0.717) is 12.3 Å². The van der Waals surface area contributed by atoms with Crippen LogP contribution in [0.25, 0.3) is 0 Å². The molecule has 9 heteroatoms. The zero-order valence-electron chi connectivity index (χ0n) is 17.8. The molecule has 0 aromatic rings. The fraction of sp³-hybridized carbons (Fsp3) is 0.667. The Morgan fingerprint density at radius 1 is 1.23 bits per heavy atom. The van der Waals surface area contributed by atoms with Crippen LogP contribution < -0.4 is 10.6 Å². The molecule has 0 aliphatic carbocycles. The lowest BCUT2D eigenvalue weighted by Gasteiger charge is -2.39. The van der Waals surface area contributed by atoms with Gasteiger partial charge in [-0.25, -0.2) is 0 Å². The number of dihydropyridines is 1. The maximum atomic E-state index is 12.2. The number of carbonyl (C=O) groups excluding carboxylic acids is 2. The van der Waals surface area contributed by atoms with Crippen molar-refractivity contribution in [2.45, 2.75) is 38.0 Å². The van der Waals surface area contributed by atoms with Crippen LogP contribution >= 0.6 is 0 Å². The quantitative estimate of drug-likeness (QED) is 0.634. The molecule has 0 bridgehead atoms. The van der Waals surface area contributed by atoms with Gasteiger partial charge in [0.1, 0.15) is 11.9 Å². The molecule has 9 nitrogen and oxygen atoms in total. The maximum absolute atomic E-state index is 12.2. The number of piperazine rings is 1. The van der Waals surface area contributed by atoms with Gasteiger partial charge in [-0.05, 0) is 18.4 Å². The average Bonchev–Trinajstić information content (AvgIpc) is 2.78. The van der Waals surface area contributed by atoms with Crippen LogP contribution in [0.2, 0.25) is 0 Å². The van der Waals surface area contributed by atoms with E-state index in [1.807, 2.05) is 6.21 Å². The zero-order chi connectivity index (χ0) is 21.1. The van der Waals surface area contributed by atoms with Gasteiger partial charge in [0.15, 0.2) is 0 Å². The summed E-state index contributed by atoms with van der Waals surface area (Å²) in [6.45, 7) is 7.16. The summed E-state index contributed by atoms with van der Waals surface area (Å²) < 4.78 is 0. The number of fused-ring (bicyclic) bond motifs is 1. The van der Waals surface area contributed by atoms with Crippen molar-refractivity contribution in [2.24, 2.45) is 20.9 Å². The second-order valence-corrected chi connectivity index (χ2v) is 8.34. The number of hydrogen-bond donors (Lipinski definition) is 2. The lowest BCUT2D eigenvalue weighted by molar-refractivity contribution is -0.127. The highest BCUT2D eigenvalue weighted by Gasteiger charge is 2.35. The van der Waals surface area contributed by atoms with Crippen molar-refractivity contribution in [3.8, 4) is 0 Å². The van der Waals surface area contributed by atoms with E-state index < -0.39 is 0 Å². The molecule has 162 valence electrons. The molecular formula is C21H31N7O2. The minimum Gasteiger partial charge on any atom is -0.354 e. The van der Waals surface area contributed by atoms with Gasteiger partial charge in [0.2, 0.25) is 5.91 Å². The van der Waals surface area contributed by atoms with E-state index in [4.69, 9.17) is 4.99 Å². The first-order chi connectivity index (χ1) is 14.6. The molecule has 4 atom stereocenters. The Labute approximate surface area is 177 Å². The van der Waals surface area contributed by atoms with Gasteiger partial charge < -0.3 is 10.6 Å². The first-order valence-electron chi connectivity index (χ1n) is 10.9. The van der Waals surface area contributed by atoms with E-state index in [2.05, 4.69) is 43.4 Å². The Bertz CT molecular complexity index is 795. The fourth-order valence-electron chi connectivity index (χ4n) is 4.51. The lowest BCUT2D eigenvalue weighted by atomic mass is 9.86. The molecular weight excluding hydrogens is 382 g/mol. The third-order valence-electron chi connectivity index (χ3n) is 6.43. The van der Waals surface area contributed by atoms with Crippen LogP contribution in [-0.2, 0) is 9.59 Å². The number of nitrogens with one attached hydrogen (secondary N) is 2. The van der Waals surface area contributed by atoms with Crippen LogP contribution in [0.1, 0.15) is 19.8 Å². The molecule has 2 amide bonds. The van der Waals surface area contributed by atoms with Crippen LogP contribution in [0.5, 0.6) is 0 Å². The molecule has 0 radical (unpaired) electrons. The molecule has 2 saturated heterocycles. The Hall–Kier alpha value is -2.39. The highest BCUT2D eigenvalue weighted by Crippen LogP contribution is 2.25. The predicted molar refractivity (Wildman–Crippen MR) is 117 cm³/mol. The molecule has 0 aromatic carbocycles. The lowest BCUT2D eigenvalue weighted by Crippen LogP contribution is -2.53. The number of nitrogens with zero attached hydrogens (tertiary/aromatic N) is 5. The predicted octanol–water partition coefficient (Wildman–Crippen LogP) is -0.504. The second-order valence-electron chi connectivity index (χ2n) is 8.34. The van der Waals surface area contributed by atoms with Gasteiger partial charge in [-0.15, -0.1) is 0 Å². The Kier molecular flexibility index (Phi) is 6.38. The largest absolute Gasteiger partial charge is 0.354 e. The van der Waals surface area contributed by atoms with Crippen LogP contribution in [0, 0.1) is 5.92 Å². The van der Waals surface area contributed by atoms with E-state index in [1.165, 1.54) is 5.57 Å². The summed E-state index contributed by atoms with van der Waals surface area (Å²) in [4.78, 5) is 42.2. The molecule has 30 heavy (non-hydrogen) atoms. The normalized spacial score (nSPS) is 32.1. The summed E-state index contributed by atoms with van der Waals surface area (Å²) in [6.07, 6.45) is 7.50. The standard InChI is InChI=1S/C21H31N7O2/c1-3-15-9-16-17(26-20(15)29)8-14(10-23-16)13-27-4-6-28(7-5-27)19-12-24-18(11-25-19)21(30)22-2/h8,10-11,15-17,19H,3-7,9,12-13H2,1-2H3,(H,22,30)(H,26,29). The number of rotatable bonds is 5. The fourth-order valence-corrected chi connectivity index (χ4v) is 4.51. The van der Waals surface area contributed by atoms with Crippen LogP contribution in [-0.4, -0.2) is 104 Å². The number of hydrogen-bond acceptors (Lipinski definition) is 7. The van der Waals surface area contributed by atoms with Crippen molar-refractivity contribution < 1.29 is 9.59 Å². The van der Waals surface area contributed by atoms with Crippen molar-refractivity contribution in [2.75, 3.05) is 46.3 Å². The number of aliphatic imine (C=N–C) groups is 3. The molecule has 4 heterocycles. The van der Waals surface area contributed by atoms with E-state index >= 15 is 0 Å². The summed E-state index contributed by atoms with van der Waals surface area (Å²) in [5.41, 5.74) is 1.57. The first-order valence-corrected chi connectivity index (χ1v) is 10.9. The van der Waals surface area contributed by atoms with Crippen molar-refractivity contribution in [3.05, 3.63) is 11.6 Å². The third kappa shape index (κ3) is 4.52. The summed E-state index contributed by atoms with van der Waals surface area (Å²) in [6, 6.07) is 0.211. The summed E-state index contributed by atoms with van der Waals surface area (Å²) >= 11 is 0. The molecule has 2 fully saturated rings. The molecule has 2 N–H and O–H groups in total. The Balaban J connectivity index is 1.26. The third-order valence-corrected chi connectivity index (χ3v) is 6.43. The van der Waals surface area contributed by atoms with Crippen LogP contribution in [0.15, 0.2) is 26.6 Å². The molecule has 4 unspecified atom stereocenters. The molecule has 4 rings (SSSR count). The highest BCUT2D eigenvalue weighted by molar-refractivity contribution is 6.60. The molecule has 4 aliphatic heterocycles. The zero-order valence-corrected chi connectivity index (χ0v) is 17.8. The Morgan fingerprint density at radius 3 is 2.70 bits per heavy atom. The monoisotopic (exact) mass is 413 g/mol. The second kappa shape index (κ2) is 9.18. The smallest absolute Gasteiger partial charge is 0.270 e. The summed E-state index contributed by atoms with van der Waals surface area (Å²) in [7, 11) is 1.60. The molecule has 4 aliphatic rings. The maximum Gasteiger partial charge on any atom is 0.270 e. The van der Waals surface area contributed by atoms with Crippen molar-refractivity contribution >= 4 is 30.0 Å². The van der Waals surface area contributed by atoms with Crippen LogP contribution in [0.3, 0.4) is 0 Å². The van der Waals surface area contributed by atoms with Gasteiger partial charge in [-0.2, -0.15) is 0 Å². The van der Waals surface area contributed by atoms with Crippen molar-refractivity contribution in [3.63, 3.8) is 0 Å². The summed E-state index contributed by atoms with van der Waals surface area (Å²) in [5, 5.41) is 5.72.